The molecule has 1 N–H and O–H groups in total. The summed E-state index contributed by atoms with van der Waals surface area (Å²) in [5, 5.41) is 0. The highest BCUT2D eigenvalue weighted by molar-refractivity contribution is 7.89. The second kappa shape index (κ2) is 7.98. The molecule has 1 saturated heterocycles. The van der Waals surface area contributed by atoms with E-state index >= 15 is 0 Å². The van der Waals surface area contributed by atoms with Gasteiger partial charge in [0.2, 0.25) is 10.0 Å². The fourth-order valence-electron chi connectivity index (χ4n) is 2.67. The van der Waals surface area contributed by atoms with Crippen LogP contribution in [0.15, 0.2) is 35.4 Å². The number of hydrogen-bond acceptors (Lipinski definition) is 7. The number of ether oxygens (including phenoxy) is 2. The topological polar surface area (TPSA) is 93.7 Å². The Hall–Kier alpha value is -2.23. The Labute approximate surface area is 153 Å². The van der Waals surface area contributed by atoms with Crippen LogP contribution in [0.2, 0.25) is 0 Å². The summed E-state index contributed by atoms with van der Waals surface area (Å²) in [7, 11) is -2.31. The van der Waals surface area contributed by atoms with Crippen LogP contribution in [0, 0.1) is 6.92 Å². The fourth-order valence-corrected chi connectivity index (χ4v) is 3.91. The van der Waals surface area contributed by atoms with Crippen molar-refractivity contribution in [1.82, 2.24) is 14.7 Å². The maximum Gasteiger partial charge on any atom is 0.244 e. The van der Waals surface area contributed by atoms with Crippen molar-refractivity contribution in [1.29, 1.82) is 0 Å². The number of hydrogen-bond donors (Lipinski definition) is 1. The molecule has 1 aliphatic heterocycles. The SMILES string of the molecule is COc1ccc(C)cc1S(=O)(=O)NCc1nccc(N2CCOCC2)n1. The van der Waals surface area contributed by atoms with E-state index in [1.165, 1.54) is 7.11 Å². The van der Waals surface area contributed by atoms with E-state index in [-0.39, 0.29) is 11.4 Å². The van der Waals surface area contributed by atoms with E-state index in [0.717, 1.165) is 24.5 Å². The molecule has 2 aromatic rings. The zero-order chi connectivity index (χ0) is 18.6. The van der Waals surface area contributed by atoms with Gasteiger partial charge < -0.3 is 14.4 Å². The summed E-state index contributed by atoms with van der Waals surface area (Å²) in [5.41, 5.74) is 0.830. The average Bonchev–Trinajstić information content (AvgIpc) is 2.67. The van der Waals surface area contributed by atoms with Gasteiger partial charge >= 0.3 is 0 Å². The predicted molar refractivity (Wildman–Crippen MR) is 96.8 cm³/mol. The molecule has 0 atom stereocenters. The van der Waals surface area contributed by atoms with Gasteiger partial charge in [-0.05, 0) is 30.7 Å². The number of anilines is 1. The smallest absolute Gasteiger partial charge is 0.244 e. The molecule has 140 valence electrons. The second-order valence-corrected chi connectivity index (χ2v) is 7.64. The molecule has 0 aliphatic carbocycles. The molecule has 0 unspecified atom stereocenters. The molecule has 8 nitrogen and oxygen atoms in total. The minimum absolute atomic E-state index is 0.00237. The summed E-state index contributed by atoms with van der Waals surface area (Å²) in [6.07, 6.45) is 1.63. The lowest BCUT2D eigenvalue weighted by Gasteiger charge is -2.27. The van der Waals surface area contributed by atoms with Gasteiger partial charge in [0, 0.05) is 19.3 Å². The number of sulfonamides is 1. The van der Waals surface area contributed by atoms with Crippen molar-refractivity contribution in [3.8, 4) is 5.75 Å². The standard InChI is InChI=1S/C17H22N4O4S/c1-13-3-4-14(24-2)15(11-13)26(22,23)19-12-16-18-6-5-17(20-16)21-7-9-25-10-8-21/h3-6,11,19H,7-10,12H2,1-2H3. The van der Waals surface area contributed by atoms with Crippen molar-refractivity contribution in [3.63, 3.8) is 0 Å². The van der Waals surface area contributed by atoms with Crippen LogP contribution >= 0.6 is 0 Å². The monoisotopic (exact) mass is 378 g/mol. The molecule has 1 aromatic heterocycles. The van der Waals surface area contributed by atoms with Crippen molar-refractivity contribution in [2.75, 3.05) is 38.3 Å². The van der Waals surface area contributed by atoms with E-state index in [1.807, 2.05) is 13.0 Å². The number of nitrogens with one attached hydrogen (secondary N) is 1. The Kier molecular flexibility index (Phi) is 5.70. The van der Waals surface area contributed by atoms with Crippen LogP contribution in [0.1, 0.15) is 11.4 Å². The maximum absolute atomic E-state index is 12.7. The first kappa shape index (κ1) is 18.6. The number of aromatic nitrogens is 2. The summed E-state index contributed by atoms with van der Waals surface area (Å²) in [6, 6.07) is 6.82. The third kappa shape index (κ3) is 4.29. The molecule has 1 aliphatic rings. The maximum atomic E-state index is 12.7. The minimum Gasteiger partial charge on any atom is -0.495 e. The average molecular weight is 378 g/mol. The Morgan fingerprint density at radius 3 is 2.77 bits per heavy atom. The lowest BCUT2D eigenvalue weighted by atomic mass is 10.2. The van der Waals surface area contributed by atoms with E-state index in [0.29, 0.717) is 24.8 Å². The second-order valence-electron chi connectivity index (χ2n) is 5.91. The normalized spacial score (nSPS) is 15.1. The third-order valence-corrected chi connectivity index (χ3v) is 5.48. The van der Waals surface area contributed by atoms with Crippen LogP contribution in [0.4, 0.5) is 5.82 Å². The zero-order valence-electron chi connectivity index (χ0n) is 14.8. The largest absolute Gasteiger partial charge is 0.495 e. The van der Waals surface area contributed by atoms with E-state index < -0.39 is 10.0 Å². The van der Waals surface area contributed by atoms with E-state index in [4.69, 9.17) is 9.47 Å². The van der Waals surface area contributed by atoms with Gasteiger partial charge in [0.15, 0.2) is 0 Å². The van der Waals surface area contributed by atoms with E-state index in [9.17, 15) is 8.42 Å². The lowest BCUT2D eigenvalue weighted by molar-refractivity contribution is 0.122. The predicted octanol–water partition coefficient (Wildman–Crippen LogP) is 1.11. The Bertz CT molecular complexity index is 867. The van der Waals surface area contributed by atoms with E-state index in [2.05, 4.69) is 19.6 Å². The Balaban J connectivity index is 1.75. The van der Waals surface area contributed by atoms with Gasteiger partial charge in [0.1, 0.15) is 22.3 Å². The molecule has 26 heavy (non-hydrogen) atoms. The summed E-state index contributed by atoms with van der Waals surface area (Å²) >= 11 is 0. The number of morpholine rings is 1. The molecule has 0 saturated carbocycles. The van der Waals surface area contributed by atoms with Crippen LogP contribution in [0.25, 0.3) is 0 Å². The number of rotatable bonds is 6. The van der Waals surface area contributed by atoms with Crippen LogP contribution < -0.4 is 14.4 Å². The molecule has 1 fully saturated rings. The van der Waals surface area contributed by atoms with Crippen molar-refractivity contribution in [2.24, 2.45) is 0 Å². The number of aryl methyl sites for hydroxylation is 1. The highest BCUT2D eigenvalue weighted by Gasteiger charge is 2.20. The van der Waals surface area contributed by atoms with Crippen LogP contribution in [0.5, 0.6) is 5.75 Å². The molecular formula is C17H22N4O4S. The van der Waals surface area contributed by atoms with Crippen molar-refractivity contribution in [3.05, 3.63) is 41.9 Å². The third-order valence-electron chi connectivity index (χ3n) is 4.05. The van der Waals surface area contributed by atoms with Gasteiger partial charge in [-0.2, -0.15) is 0 Å². The lowest BCUT2D eigenvalue weighted by Crippen LogP contribution is -2.37. The van der Waals surface area contributed by atoms with Gasteiger partial charge in [0.05, 0.1) is 26.9 Å². The minimum atomic E-state index is -3.75. The quantitative estimate of drug-likeness (QED) is 0.805. The number of benzene rings is 1. The van der Waals surface area contributed by atoms with Crippen LogP contribution in [-0.2, 0) is 21.3 Å². The molecule has 0 radical (unpaired) electrons. The first-order valence-electron chi connectivity index (χ1n) is 8.28. The van der Waals surface area contributed by atoms with Crippen molar-refractivity contribution in [2.45, 2.75) is 18.4 Å². The van der Waals surface area contributed by atoms with Crippen LogP contribution in [-0.4, -0.2) is 51.8 Å². The summed E-state index contributed by atoms with van der Waals surface area (Å²) in [6.45, 7) is 4.63. The Morgan fingerprint density at radius 1 is 1.27 bits per heavy atom. The highest BCUT2D eigenvalue weighted by atomic mass is 32.2. The van der Waals surface area contributed by atoms with Gasteiger partial charge in [-0.1, -0.05) is 6.07 Å². The molecule has 9 heteroatoms. The van der Waals surface area contributed by atoms with Crippen molar-refractivity contribution < 1.29 is 17.9 Å². The van der Waals surface area contributed by atoms with Crippen molar-refractivity contribution >= 4 is 15.8 Å². The number of methoxy groups -OCH3 is 1. The molecule has 0 bridgehead atoms. The molecule has 2 heterocycles. The van der Waals surface area contributed by atoms with Gasteiger partial charge in [0.25, 0.3) is 0 Å². The zero-order valence-corrected chi connectivity index (χ0v) is 15.6. The molecule has 0 amide bonds. The molecule has 3 rings (SSSR count). The molecular weight excluding hydrogens is 356 g/mol. The summed E-state index contributed by atoms with van der Waals surface area (Å²) in [4.78, 5) is 10.8. The first-order chi connectivity index (χ1) is 12.5. The van der Waals surface area contributed by atoms with Gasteiger partial charge in [-0.3, -0.25) is 0 Å². The summed E-state index contributed by atoms with van der Waals surface area (Å²) < 4.78 is 38.4. The molecule has 0 spiro atoms. The Morgan fingerprint density at radius 2 is 2.04 bits per heavy atom. The number of nitrogens with zero attached hydrogens (tertiary/aromatic N) is 3. The first-order valence-corrected chi connectivity index (χ1v) is 9.77. The van der Waals surface area contributed by atoms with Gasteiger partial charge in [-0.15, -0.1) is 0 Å². The highest BCUT2D eigenvalue weighted by Crippen LogP contribution is 2.24. The van der Waals surface area contributed by atoms with Gasteiger partial charge in [-0.25, -0.2) is 23.1 Å². The van der Waals surface area contributed by atoms with Crippen LogP contribution in [0.3, 0.4) is 0 Å². The summed E-state index contributed by atoms with van der Waals surface area (Å²) in [5.74, 6) is 1.47. The fraction of sp³-hybridized carbons (Fsp3) is 0.412. The van der Waals surface area contributed by atoms with E-state index in [1.54, 1.807) is 24.4 Å². The molecule has 1 aromatic carbocycles.